The summed E-state index contributed by atoms with van der Waals surface area (Å²) < 4.78 is 0. The van der Waals surface area contributed by atoms with Gasteiger partial charge < -0.3 is 5.32 Å². The summed E-state index contributed by atoms with van der Waals surface area (Å²) in [4.78, 5) is 2.62. The molecular weight excluding hydrogens is 232 g/mol. The van der Waals surface area contributed by atoms with Gasteiger partial charge in [0.15, 0.2) is 0 Å². The second-order valence-electron chi connectivity index (χ2n) is 5.59. The van der Waals surface area contributed by atoms with E-state index in [1.165, 1.54) is 37.8 Å². The zero-order valence-corrected chi connectivity index (χ0v) is 12.4. The Balaban J connectivity index is 2.02. The summed E-state index contributed by atoms with van der Waals surface area (Å²) in [5.41, 5.74) is 1.45. The van der Waals surface area contributed by atoms with Crippen molar-refractivity contribution in [1.29, 1.82) is 0 Å². The fraction of sp³-hybridized carbons (Fsp3) is 0.647. The van der Waals surface area contributed by atoms with Gasteiger partial charge in [-0.2, -0.15) is 0 Å². The molecule has 19 heavy (non-hydrogen) atoms. The Morgan fingerprint density at radius 3 is 2.53 bits per heavy atom. The summed E-state index contributed by atoms with van der Waals surface area (Å²) in [6, 6.07) is 12.3. The third-order valence-corrected chi connectivity index (χ3v) is 4.01. The molecule has 2 heteroatoms. The van der Waals surface area contributed by atoms with E-state index in [2.05, 4.69) is 54.4 Å². The third-order valence-electron chi connectivity index (χ3n) is 4.01. The fourth-order valence-electron chi connectivity index (χ4n) is 2.59. The molecule has 0 amide bonds. The zero-order chi connectivity index (χ0) is 13.5. The first-order chi connectivity index (χ1) is 9.35. The van der Waals surface area contributed by atoms with Crippen LogP contribution in [0.4, 0.5) is 0 Å². The Kier molecular flexibility index (Phi) is 5.87. The maximum absolute atomic E-state index is 3.70. The molecule has 1 N–H and O–H groups in total. The molecule has 1 aromatic carbocycles. The van der Waals surface area contributed by atoms with E-state index in [-0.39, 0.29) is 0 Å². The lowest BCUT2D eigenvalue weighted by Crippen LogP contribution is -2.37. The Labute approximate surface area is 118 Å². The number of likely N-dealkylation sites (N-methyl/N-ethyl adjacent to an activating group) is 1. The highest BCUT2D eigenvalue weighted by molar-refractivity contribution is 5.19. The quantitative estimate of drug-likeness (QED) is 0.730. The van der Waals surface area contributed by atoms with E-state index in [1.807, 2.05) is 0 Å². The molecule has 1 aromatic rings. The van der Waals surface area contributed by atoms with Crippen molar-refractivity contribution in [3.8, 4) is 0 Å². The Morgan fingerprint density at radius 2 is 1.95 bits per heavy atom. The van der Waals surface area contributed by atoms with Gasteiger partial charge in [-0.3, -0.25) is 4.90 Å². The first-order valence-electron chi connectivity index (χ1n) is 7.87. The van der Waals surface area contributed by atoms with E-state index >= 15 is 0 Å². The van der Waals surface area contributed by atoms with Gasteiger partial charge in [0.05, 0.1) is 0 Å². The molecule has 0 heterocycles. The van der Waals surface area contributed by atoms with Crippen molar-refractivity contribution in [3.63, 3.8) is 0 Å². The van der Waals surface area contributed by atoms with Crippen LogP contribution < -0.4 is 5.32 Å². The summed E-state index contributed by atoms with van der Waals surface area (Å²) >= 11 is 0. The van der Waals surface area contributed by atoms with Gasteiger partial charge in [-0.05, 0) is 37.9 Å². The number of nitrogens with one attached hydrogen (secondary N) is 1. The van der Waals surface area contributed by atoms with Gasteiger partial charge in [-0.1, -0.05) is 50.6 Å². The molecule has 2 nitrogen and oxygen atoms in total. The first-order valence-corrected chi connectivity index (χ1v) is 7.87. The first kappa shape index (κ1) is 14.5. The molecule has 0 aliphatic heterocycles. The topological polar surface area (TPSA) is 15.3 Å². The van der Waals surface area contributed by atoms with E-state index in [0.717, 1.165) is 19.1 Å². The number of hydrogen-bond donors (Lipinski definition) is 1. The molecular formula is C17H28N2. The normalized spacial score (nSPS) is 16.8. The van der Waals surface area contributed by atoms with Crippen LogP contribution in [0.5, 0.6) is 0 Å². The molecule has 1 saturated carbocycles. The summed E-state index contributed by atoms with van der Waals surface area (Å²) in [5.74, 6) is 0. The van der Waals surface area contributed by atoms with Gasteiger partial charge in [-0.25, -0.2) is 0 Å². The Morgan fingerprint density at radius 1 is 1.21 bits per heavy atom. The molecule has 1 aliphatic rings. The van der Waals surface area contributed by atoms with Crippen LogP contribution in [0.25, 0.3) is 0 Å². The van der Waals surface area contributed by atoms with E-state index < -0.39 is 0 Å². The van der Waals surface area contributed by atoms with Crippen molar-refractivity contribution in [3.05, 3.63) is 35.9 Å². The lowest BCUT2D eigenvalue weighted by atomic mass is 10.0. The monoisotopic (exact) mass is 260 g/mol. The minimum atomic E-state index is 0.526. The molecule has 1 aliphatic carbocycles. The van der Waals surface area contributed by atoms with Crippen molar-refractivity contribution in [2.75, 3.05) is 19.6 Å². The summed E-state index contributed by atoms with van der Waals surface area (Å²) in [7, 11) is 0. The standard InChI is InChI=1S/C17H28N2/c1-3-5-13-19(4-2)17(14-18-16-11-12-16)15-9-7-6-8-10-15/h6-10,16-18H,3-5,11-14H2,1-2H3. The molecule has 0 aromatic heterocycles. The van der Waals surface area contributed by atoms with Crippen LogP contribution in [-0.4, -0.2) is 30.6 Å². The highest BCUT2D eigenvalue weighted by Gasteiger charge is 2.24. The van der Waals surface area contributed by atoms with Gasteiger partial charge in [-0.15, -0.1) is 0 Å². The summed E-state index contributed by atoms with van der Waals surface area (Å²) in [6.45, 7) is 7.98. The van der Waals surface area contributed by atoms with Crippen LogP contribution in [0.15, 0.2) is 30.3 Å². The average Bonchev–Trinajstić information content (AvgIpc) is 3.27. The molecule has 1 fully saturated rings. The molecule has 106 valence electrons. The second-order valence-corrected chi connectivity index (χ2v) is 5.59. The fourth-order valence-corrected chi connectivity index (χ4v) is 2.59. The maximum Gasteiger partial charge on any atom is 0.0472 e. The molecule has 0 saturated heterocycles. The number of unbranched alkanes of at least 4 members (excludes halogenated alkanes) is 1. The maximum atomic E-state index is 3.70. The molecule has 0 radical (unpaired) electrons. The van der Waals surface area contributed by atoms with E-state index in [0.29, 0.717) is 6.04 Å². The number of nitrogens with zero attached hydrogens (tertiary/aromatic N) is 1. The zero-order valence-electron chi connectivity index (χ0n) is 12.4. The van der Waals surface area contributed by atoms with Gasteiger partial charge in [0, 0.05) is 18.6 Å². The van der Waals surface area contributed by atoms with Crippen molar-refractivity contribution in [1.82, 2.24) is 10.2 Å². The molecule has 0 bridgehead atoms. The van der Waals surface area contributed by atoms with E-state index in [9.17, 15) is 0 Å². The highest BCUT2D eigenvalue weighted by atomic mass is 15.2. The van der Waals surface area contributed by atoms with Crippen LogP contribution in [0.3, 0.4) is 0 Å². The highest BCUT2D eigenvalue weighted by Crippen LogP contribution is 2.24. The Hall–Kier alpha value is -0.860. The van der Waals surface area contributed by atoms with Crippen LogP contribution in [0.2, 0.25) is 0 Å². The summed E-state index contributed by atoms with van der Waals surface area (Å²) in [5, 5.41) is 3.70. The lowest BCUT2D eigenvalue weighted by Gasteiger charge is -2.31. The van der Waals surface area contributed by atoms with Gasteiger partial charge in [0.2, 0.25) is 0 Å². The van der Waals surface area contributed by atoms with Crippen molar-refractivity contribution < 1.29 is 0 Å². The predicted octanol–water partition coefficient (Wildman–Crippen LogP) is 3.60. The number of hydrogen-bond acceptors (Lipinski definition) is 2. The molecule has 1 unspecified atom stereocenters. The second kappa shape index (κ2) is 7.66. The van der Waals surface area contributed by atoms with Crippen LogP contribution >= 0.6 is 0 Å². The molecule has 1 atom stereocenters. The van der Waals surface area contributed by atoms with E-state index in [4.69, 9.17) is 0 Å². The largest absolute Gasteiger partial charge is 0.312 e. The predicted molar refractivity (Wildman–Crippen MR) is 82.4 cm³/mol. The van der Waals surface area contributed by atoms with Gasteiger partial charge >= 0.3 is 0 Å². The van der Waals surface area contributed by atoms with Crippen LogP contribution in [-0.2, 0) is 0 Å². The minimum absolute atomic E-state index is 0.526. The van der Waals surface area contributed by atoms with Crippen LogP contribution in [0.1, 0.15) is 51.1 Å². The van der Waals surface area contributed by atoms with E-state index in [1.54, 1.807) is 0 Å². The van der Waals surface area contributed by atoms with Crippen LogP contribution in [0, 0.1) is 0 Å². The third kappa shape index (κ3) is 4.63. The Bertz CT molecular complexity index is 346. The number of benzene rings is 1. The summed E-state index contributed by atoms with van der Waals surface area (Å²) in [6.07, 6.45) is 5.29. The minimum Gasteiger partial charge on any atom is -0.312 e. The average molecular weight is 260 g/mol. The van der Waals surface area contributed by atoms with Crippen molar-refractivity contribution >= 4 is 0 Å². The van der Waals surface area contributed by atoms with Crippen molar-refractivity contribution in [2.24, 2.45) is 0 Å². The van der Waals surface area contributed by atoms with Crippen molar-refractivity contribution in [2.45, 2.75) is 51.6 Å². The molecule has 0 spiro atoms. The van der Waals surface area contributed by atoms with Gasteiger partial charge in [0.1, 0.15) is 0 Å². The number of rotatable bonds is 9. The SMILES string of the molecule is CCCCN(CC)C(CNC1CC1)c1ccccc1. The van der Waals surface area contributed by atoms with Gasteiger partial charge in [0.25, 0.3) is 0 Å². The smallest absolute Gasteiger partial charge is 0.0472 e. The lowest BCUT2D eigenvalue weighted by molar-refractivity contribution is 0.199. The molecule has 2 rings (SSSR count).